The number of hydrogen-bond acceptors (Lipinski definition) is 1. The van der Waals surface area contributed by atoms with Crippen molar-refractivity contribution in [1.29, 1.82) is 0 Å². The third kappa shape index (κ3) is 3.07. The summed E-state index contributed by atoms with van der Waals surface area (Å²) < 4.78 is 0. The molecule has 0 aromatic heterocycles. The van der Waals surface area contributed by atoms with Crippen LogP contribution in [0.2, 0.25) is 0 Å². The van der Waals surface area contributed by atoms with Crippen molar-refractivity contribution in [3.05, 3.63) is 42.0 Å². The molecule has 2 heteroatoms. The van der Waals surface area contributed by atoms with Gasteiger partial charge in [-0.05, 0) is 5.56 Å². The molecular weight excluding hydrogens is 172 g/mol. The highest BCUT2D eigenvalue weighted by Crippen LogP contribution is 2.02. The summed E-state index contributed by atoms with van der Waals surface area (Å²) in [5, 5.41) is 9.10. The molecule has 0 saturated carbocycles. The van der Waals surface area contributed by atoms with E-state index in [0.717, 1.165) is 5.56 Å². The van der Waals surface area contributed by atoms with Gasteiger partial charge in [-0.1, -0.05) is 42.5 Å². The molecular formula is C10H11ClO. The molecule has 1 rings (SSSR count). The maximum atomic E-state index is 9.10. The zero-order valence-corrected chi connectivity index (χ0v) is 7.41. The van der Waals surface area contributed by atoms with Crippen molar-refractivity contribution < 1.29 is 5.11 Å². The van der Waals surface area contributed by atoms with Gasteiger partial charge in [0.1, 0.15) is 0 Å². The average Bonchev–Trinajstić information content (AvgIpc) is 2.16. The Morgan fingerprint density at radius 1 is 1.33 bits per heavy atom. The van der Waals surface area contributed by atoms with Crippen molar-refractivity contribution >= 4 is 17.7 Å². The molecule has 0 spiro atoms. The summed E-state index contributed by atoms with van der Waals surface area (Å²) in [4.78, 5) is 0. The van der Waals surface area contributed by atoms with Gasteiger partial charge in [0.2, 0.25) is 0 Å². The van der Waals surface area contributed by atoms with E-state index in [1.807, 2.05) is 36.4 Å². The minimum atomic E-state index is -0.549. The number of hydrogen-bond donors (Lipinski definition) is 1. The van der Waals surface area contributed by atoms with Crippen LogP contribution in [-0.2, 0) is 0 Å². The predicted octanol–water partition coefficient (Wildman–Crippen LogP) is 2.30. The fraction of sp³-hybridized carbons (Fsp3) is 0.200. The second-order valence-electron chi connectivity index (χ2n) is 2.49. The van der Waals surface area contributed by atoms with Crippen LogP contribution in [0.4, 0.5) is 0 Å². The standard InChI is InChI=1S/C10H11ClO/c11-8-10(12)7-6-9-4-2-1-3-5-9/h1-7,10,12H,8H2/b7-6+/t10-/m1/s1. The van der Waals surface area contributed by atoms with E-state index >= 15 is 0 Å². The van der Waals surface area contributed by atoms with Crippen molar-refractivity contribution in [3.8, 4) is 0 Å². The van der Waals surface area contributed by atoms with E-state index in [9.17, 15) is 0 Å². The largest absolute Gasteiger partial charge is 0.388 e. The smallest absolute Gasteiger partial charge is 0.0859 e. The Balaban J connectivity index is 2.58. The Kier molecular flexibility index (Phi) is 3.85. The molecule has 0 bridgehead atoms. The molecule has 0 radical (unpaired) electrons. The summed E-state index contributed by atoms with van der Waals surface area (Å²) in [5.74, 6) is 0.239. The summed E-state index contributed by atoms with van der Waals surface area (Å²) >= 11 is 5.42. The number of halogens is 1. The Morgan fingerprint density at radius 3 is 2.58 bits per heavy atom. The first-order valence-corrected chi connectivity index (χ1v) is 4.33. The van der Waals surface area contributed by atoms with E-state index in [0.29, 0.717) is 0 Å². The third-order valence-corrected chi connectivity index (χ3v) is 1.78. The Hall–Kier alpha value is -0.790. The maximum Gasteiger partial charge on any atom is 0.0859 e. The second-order valence-corrected chi connectivity index (χ2v) is 2.80. The third-order valence-electron chi connectivity index (χ3n) is 1.47. The molecule has 1 N–H and O–H groups in total. The first-order valence-electron chi connectivity index (χ1n) is 3.80. The quantitative estimate of drug-likeness (QED) is 0.712. The molecule has 0 unspecified atom stereocenters. The fourth-order valence-corrected chi connectivity index (χ4v) is 0.941. The lowest BCUT2D eigenvalue weighted by molar-refractivity contribution is 0.248. The molecule has 0 fully saturated rings. The Morgan fingerprint density at radius 2 is 2.00 bits per heavy atom. The Labute approximate surface area is 77.3 Å². The molecule has 1 atom stereocenters. The summed E-state index contributed by atoms with van der Waals surface area (Å²) in [6.07, 6.45) is 2.99. The fourth-order valence-electron chi connectivity index (χ4n) is 0.838. The molecule has 1 nitrogen and oxygen atoms in total. The predicted molar refractivity (Wildman–Crippen MR) is 52.2 cm³/mol. The SMILES string of the molecule is O[C@H](/C=C/c1ccccc1)CCl. The van der Waals surface area contributed by atoms with Crippen LogP contribution in [0.15, 0.2) is 36.4 Å². The molecule has 12 heavy (non-hydrogen) atoms. The second kappa shape index (κ2) is 4.96. The van der Waals surface area contributed by atoms with E-state index in [2.05, 4.69) is 0 Å². The van der Waals surface area contributed by atoms with Crippen molar-refractivity contribution in [3.63, 3.8) is 0 Å². The van der Waals surface area contributed by atoms with Crippen molar-refractivity contribution in [2.45, 2.75) is 6.10 Å². The molecule has 0 amide bonds. The number of benzene rings is 1. The molecule has 0 aliphatic carbocycles. The average molecular weight is 183 g/mol. The van der Waals surface area contributed by atoms with Gasteiger partial charge in [-0.2, -0.15) is 0 Å². The van der Waals surface area contributed by atoms with Crippen LogP contribution in [0.1, 0.15) is 5.56 Å². The molecule has 1 aromatic rings. The summed E-state index contributed by atoms with van der Waals surface area (Å²) in [6, 6.07) is 9.80. The van der Waals surface area contributed by atoms with Crippen LogP contribution in [0.5, 0.6) is 0 Å². The van der Waals surface area contributed by atoms with Gasteiger partial charge in [0, 0.05) is 0 Å². The van der Waals surface area contributed by atoms with Gasteiger partial charge in [0.15, 0.2) is 0 Å². The highest BCUT2D eigenvalue weighted by atomic mass is 35.5. The van der Waals surface area contributed by atoms with E-state index < -0.39 is 6.10 Å². The summed E-state index contributed by atoms with van der Waals surface area (Å²) in [7, 11) is 0. The highest BCUT2D eigenvalue weighted by Gasteiger charge is 1.93. The number of rotatable bonds is 3. The zero-order valence-electron chi connectivity index (χ0n) is 6.65. The minimum Gasteiger partial charge on any atom is -0.388 e. The van der Waals surface area contributed by atoms with Gasteiger partial charge in [-0.25, -0.2) is 0 Å². The lowest BCUT2D eigenvalue weighted by Gasteiger charge is -1.97. The van der Waals surface area contributed by atoms with Crippen LogP contribution < -0.4 is 0 Å². The number of alkyl halides is 1. The van der Waals surface area contributed by atoms with Crippen molar-refractivity contribution in [2.75, 3.05) is 5.88 Å². The molecule has 0 aliphatic heterocycles. The molecule has 0 aliphatic rings. The minimum absolute atomic E-state index is 0.239. The molecule has 0 heterocycles. The van der Waals surface area contributed by atoms with Crippen LogP contribution in [0, 0.1) is 0 Å². The lowest BCUT2D eigenvalue weighted by Crippen LogP contribution is -2.02. The monoisotopic (exact) mass is 182 g/mol. The van der Waals surface area contributed by atoms with Gasteiger partial charge < -0.3 is 5.11 Å². The van der Waals surface area contributed by atoms with Crippen LogP contribution in [0.3, 0.4) is 0 Å². The van der Waals surface area contributed by atoms with Crippen molar-refractivity contribution in [1.82, 2.24) is 0 Å². The maximum absolute atomic E-state index is 9.10. The van der Waals surface area contributed by atoms with E-state index in [1.165, 1.54) is 0 Å². The van der Waals surface area contributed by atoms with Gasteiger partial charge in [0.25, 0.3) is 0 Å². The molecule has 64 valence electrons. The van der Waals surface area contributed by atoms with E-state index in [1.54, 1.807) is 6.08 Å². The van der Waals surface area contributed by atoms with E-state index in [4.69, 9.17) is 16.7 Å². The van der Waals surface area contributed by atoms with Gasteiger partial charge in [0.05, 0.1) is 12.0 Å². The first kappa shape index (κ1) is 9.30. The van der Waals surface area contributed by atoms with Gasteiger partial charge in [-0.3, -0.25) is 0 Å². The lowest BCUT2D eigenvalue weighted by atomic mass is 10.2. The van der Waals surface area contributed by atoms with Gasteiger partial charge >= 0.3 is 0 Å². The van der Waals surface area contributed by atoms with E-state index in [-0.39, 0.29) is 5.88 Å². The van der Waals surface area contributed by atoms with Gasteiger partial charge in [-0.15, -0.1) is 11.6 Å². The number of aliphatic hydroxyl groups excluding tert-OH is 1. The van der Waals surface area contributed by atoms with Crippen LogP contribution >= 0.6 is 11.6 Å². The number of aliphatic hydroxyl groups is 1. The summed E-state index contributed by atoms with van der Waals surface area (Å²) in [5.41, 5.74) is 1.07. The normalized spacial score (nSPS) is 13.5. The summed E-state index contributed by atoms with van der Waals surface area (Å²) in [6.45, 7) is 0. The Bertz CT molecular complexity index is 243. The van der Waals surface area contributed by atoms with Crippen LogP contribution in [0.25, 0.3) is 6.08 Å². The van der Waals surface area contributed by atoms with Crippen molar-refractivity contribution in [2.24, 2.45) is 0 Å². The first-order chi connectivity index (χ1) is 5.83. The molecule has 1 aromatic carbocycles. The molecule has 0 saturated heterocycles. The van der Waals surface area contributed by atoms with Crippen LogP contribution in [-0.4, -0.2) is 17.1 Å². The topological polar surface area (TPSA) is 20.2 Å². The highest BCUT2D eigenvalue weighted by molar-refractivity contribution is 6.18. The zero-order chi connectivity index (χ0) is 8.81.